The third-order valence-electron chi connectivity index (χ3n) is 3.23. The molecule has 0 nitrogen and oxygen atoms in total. The van der Waals surface area contributed by atoms with Crippen molar-refractivity contribution < 1.29 is 4.39 Å². The monoisotopic (exact) mass is 178 g/mol. The van der Waals surface area contributed by atoms with Crippen LogP contribution in [0.1, 0.15) is 38.2 Å². The Labute approximate surface area is 78.8 Å². The molecule has 0 aromatic heterocycles. The molecule has 0 amide bonds. The van der Waals surface area contributed by atoms with Crippen LogP contribution in [-0.4, -0.2) is 0 Å². The summed E-state index contributed by atoms with van der Waals surface area (Å²) in [4.78, 5) is 0. The molecular weight excluding hydrogens is 163 g/mol. The van der Waals surface area contributed by atoms with Gasteiger partial charge in [0.15, 0.2) is 0 Å². The van der Waals surface area contributed by atoms with Crippen LogP contribution < -0.4 is 0 Å². The minimum Gasteiger partial charge on any atom is -0.207 e. The van der Waals surface area contributed by atoms with Crippen LogP contribution in [0, 0.1) is 5.82 Å². The lowest BCUT2D eigenvalue weighted by molar-refractivity contribution is 0.486. The summed E-state index contributed by atoms with van der Waals surface area (Å²) in [5.74, 6) is -0.106. The third-order valence-corrected chi connectivity index (χ3v) is 3.23. The van der Waals surface area contributed by atoms with Crippen LogP contribution in [-0.2, 0) is 5.41 Å². The smallest absolute Gasteiger partial charge is 0.123 e. The second-order valence-corrected chi connectivity index (χ2v) is 4.28. The van der Waals surface area contributed by atoms with E-state index in [1.807, 2.05) is 6.07 Å². The molecule has 0 radical (unpaired) electrons. The first-order valence-corrected chi connectivity index (χ1v) is 4.97. The van der Waals surface area contributed by atoms with Gasteiger partial charge in [-0.2, -0.15) is 0 Å². The lowest BCUT2D eigenvalue weighted by Crippen LogP contribution is -2.16. The van der Waals surface area contributed by atoms with Gasteiger partial charge >= 0.3 is 0 Å². The first kappa shape index (κ1) is 8.74. The van der Waals surface area contributed by atoms with Crippen molar-refractivity contribution in [1.29, 1.82) is 0 Å². The number of rotatable bonds is 1. The van der Waals surface area contributed by atoms with Gasteiger partial charge in [-0.25, -0.2) is 4.39 Å². The average molecular weight is 178 g/mol. The predicted molar refractivity (Wildman–Crippen MR) is 52.2 cm³/mol. The van der Waals surface area contributed by atoms with E-state index in [0.29, 0.717) is 0 Å². The maximum Gasteiger partial charge on any atom is 0.123 e. The lowest BCUT2D eigenvalue weighted by Gasteiger charge is -2.23. The molecule has 1 aromatic carbocycles. The molecule has 1 saturated carbocycles. The molecule has 1 heteroatoms. The summed E-state index contributed by atoms with van der Waals surface area (Å²) in [5.41, 5.74) is 1.41. The zero-order chi connectivity index (χ0) is 9.31. The molecule has 13 heavy (non-hydrogen) atoms. The number of hydrogen-bond donors (Lipinski definition) is 0. The Morgan fingerprint density at radius 3 is 2.54 bits per heavy atom. The van der Waals surface area contributed by atoms with Crippen molar-refractivity contribution in [3.63, 3.8) is 0 Å². The molecular formula is C12H15F. The Kier molecular flexibility index (Phi) is 2.10. The van der Waals surface area contributed by atoms with E-state index >= 15 is 0 Å². The second kappa shape index (κ2) is 3.13. The van der Waals surface area contributed by atoms with Gasteiger partial charge in [-0.05, 0) is 36.0 Å². The molecule has 1 aliphatic rings. The highest BCUT2D eigenvalue weighted by molar-refractivity contribution is 5.26. The molecule has 0 aliphatic heterocycles. The summed E-state index contributed by atoms with van der Waals surface area (Å²) in [7, 11) is 0. The Hall–Kier alpha value is -0.850. The van der Waals surface area contributed by atoms with Crippen molar-refractivity contribution in [1.82, 2.24) is 0 Å². The summed E-state index contributed by atoms with van der Waals surface area (Å²) >= 11 is 0. The summed E-state index contributed by atoms with van der Waals surface area (Å²) in [6.45, 7) is 2.24. The van der Waals surface area contributed by atoms with Crippen LogP contribution in [0.15, 0.2) is 24.3 Å². The number of halogens is 1. The Morgan fingerprint density at radius 1 is 1.23 bits per heavy atom. The summed E-state index contributed by atoms with van der Waals surface area (Å²) < 4.78 is 13.0. The second-order valence-electron chi connectivity index (χ2n) is 4.28. The van der Waals surface area contributed by atoms with Crippen LogP contribution in [0.5, 0.6) is 0 Å². The van der Waals surface area contributed by atoms with Crippen LogP contribution in [0.4, 0.5) is 4.39 Å². The molecule has 0 saturated heterocycles. The van der Waals surface area contributed by atoms with Crippen molar-refractivity contribution in [2.75, 3.05) is 0 Å². The zero-order valence-corrected chi connectivity index (χ0v) is 8.02. The van der Waals surface area contributed by atoms with E-state index in [1.165, 1.54) is 37.3 Å². The van der Waals surface area contributed by atoms with Gasteiger partial charge in [-0.15, -0.1) is 0 Å². The van der Waals surface area contributed by atoms with Crippen LogP contribution in [0.25, 0.3) is 0 Å². The SMILES string of the molecule is CC1(c2cccc(F)c2)CCCC1. The van der Waals surface area contributed by atoms with E-state index in [4.69, 9.17) is 0 Å². The fourth-order valence-corrected chi connectivity index (χ4v) is 2.31. The average Bonchev–Trinajstić information content (AvgIpc) is 2.54. The van der Waals surface area contributed by atoms with E-state index in [2.05, 4.69) is 13.0 Å². The van der Waals surface area contributed by atoms with Gasteiger partial charge in [0, 0.05) is 0 Å². The van der Waals surface area contributed by atoms with Crippen molar-refractivity contribution in [2.24, 2.45) is 0 Å². The molecule has 0 unspecified atom stereocenters. The van der Waals surface area contributed by atoms with Gasteiger partial charge in [-0.3, -0.25) is 0 Å². The molecule has 70 valence electrons. The minimum atomic E-state index is -0.106. The molecule has 1 fully saturated rings. The van der Waals surface area contributed by atoms with Crippen LogP contribution in [0.3, 0.4) is 0 Å². The van der Waals surface area contributed by atoms with Gasteiger partial charge in [-0.1, -0.05) is 31.9 Å². The highest BCUT2D eigenvalue weighted by atomic mass is 19.1. The normalized spacial score (nSPS) is 20.5. The molecule has 0 N–H and O–H groups in total. The maximum absolute atomic E-state index is 13.0. The molecule has 1 aliphatic carbocycles. The van der Waals surface area contributed by atoms with Crippen molar-refractivity contribution in [3.8, 4) is 0 Å². The van der Waals surface area contributed by atoms with E-state index in [0.717, 1.165) is 0 Å². The van der Waals surface area contributed by atoms with Crippen LogP contribution in [0.2, 0.25) is 0 Å². The molecule has 0 heterocycles. The molecule has 0 spiro atoms. The topological polar surface area (TPSA) is 0 Å². The highest BCUT2D eigenvalue weighted by Gasteiger charge is 2.30. The standard InChI is InChI=1S/C12H15F/c1-12(7-2-3-8-12)10-5-4-6-11(13)9-10/h4-6,9H,2-3,7-8H2,1H3. The van der Waals surface area contributed by atoms with E-state index in [9.17, 15) is 4.39 Å². The quantitative estimate of drug-likeness (QED) is 0.615. The lowest BCUT2D eigenvalue weighted by atomic mass is 9.81. The predicted octanol–water partition coefficient (Wildman–Crippen LogP) is 3.66. The van der Waals surface area contributed by atoms with Gasteiger partial charge < -0.3 is 0 Å². The summed E-state index contributed by atoms with van der Waals surface area (Å²) in [5, 5.41) is 0. The largest absolute Gasteiger partial charge is 0.207 e. The maximum atomic E-state index is 13.0. The minimum absolute atomic E-state index is 0.106. The van der Waals surface area contributed by atoms with Gasteiger partial charge in [0.25, 0.3) is 0 Å². The zero-order valence-electron chi connectivity index (χ0n) is 8.02. The van der Waals surface area contributed by atoms with Crippen molar-refractivity contribution >= 4 is 0 Å². The first-order valence-electron chi connectivity index (χ1n) is 4.97. The van der Waals surface area contributed by atoms with Crippen LogP contribution >= 0.6 is 0 Å². The summed E-state index contributed by atoms with van der Waals surface area (Å²) in [6.07, 6.45) is 4.98. The van der Waals surface area contributed by atoms with Crippen molar-refractivity contribution in [3.05, 3.63) is 35.6 Å². The summed E-state index contributed by atoms with van der Waals surface area (Å²) in [6, 6.07) is 7.07. The van der Waals surface area contributed by atoms with Crippen molar-refractivity contribution in [2.45, 2.75) is 38.0 Å². The number of benzene rings is 1. The number of hydrogen-bond acceptors (Lipinski definition) is 0. The Morgan fingerprint density at radius 2 is 1.92 bits per heavy atom. The fourth-order valence-electron chi connectivity index (χ4n) is 2.31. The van der Waals surface area contributed by atoms with Gasteiger partial charge in [0.05, 0.1) is 0 Å². The third kappa shape index (κ3) is 1.60. The Balaban J connectivity index is 2.33. The Bertz CT molecular complexity index is 298. The highest BCUT2D eigenvalue weighted by Crippen LogP contribution is 2.40. The van der Waals surface area contributed by atoms with E-state index in [1.54, 1.807) is 6.07 Å². The fraction of sp³-hybridized carbons (Fsp3) is 0.500. The molecule has 0 bridgehead atoms. The van der Waals surface area contributed by atoms with Gasteiger partial charge in [0.2, 0.25) is 0 Å². The molecule has 1 aromatic rings. The van der Waals surface area contributed by atoms with E-state index in [-0.39, 0.29) is 11.2 Å². The molecule has 2 rings (SSSR count). The molecule has 0 atom stereocenters. The first-order chi connectivity index (χ1) is 6.21. The van der Waals surface area contributed by atoms with E-state index < -0.39 is 0 Å². The van der Waals surface area contributed by atoms with Gasteiger partial charge in [0.1, 0.15) is 5.82 Å².